The number of ether oxygens (including phenoxy) is 2. The third kappa shape index (κ3) is 8.43. The van der Waals surface area contributed by atoms with Gasteiger partial charge >= 0.3 is 5.97 Å². The minimum absolute atomic E-state index is 0.126. The summed E-state index contributed by atoms with van der Waals surface area (Å²) in [6.45, 7) is 2.19. The number of hydrogen-bond donors (Lipinski definition) is 0. The zero-order valence-corrected chi connectivity index (χ0v) is 10.3. The number of methoxy groups -OCH3 is 2. The standard InChI is InChI=1S/C12H24O3/c1-4-5-6-8-11(14-2)9-7-10-12(13)15-3/h11H,4-10H2,1-3H3. The van der Waals surface area contributed by atoms with Gasteiger partial charge in [0.2, 0.25) is 0 Å². The van der Waals surface area contributed by atoms with Gasteiger partial charge in [-0.2, -0.15) is 0 Å². The Hall–Kier alpha value is -0.570. The van der Waals surface area contributed by atoms with Crippen LogP contribution in [0.5, 0.6) is 0 Å². The van der Waals surface area contributed by atoms with Crippen LogP contribution in [0, 0.1) is 0 Å². The van der Waals surface area contributed by atoms with Gasteiger partial charge in [0.25, 0.3) is 0 Å². The molecule has 0 rings (SSSR count). The van der Waals surface area contributed by atoms with Gasteiger partial charge in [-0.1, -0.05) is 26.2 Å². The highest BCUT2D eigenvalue weighted by Gasteiger charge is 2.08. The molecule has 3 heteroatoms. The van der Waals surface area contributed by atoms with Gasteiger partial charge in [-0.25, -0.2) is 0 Å². The van der Waals surface area contributed by atoms with Crippen LogP contribution < -0.4 is 0 Å². The second-order valence-electron chi connectivity index (χ2n) is 3.82. The molecular formula is C12H24O3. The average molecular weight is 216 g/mol. The van der Waals surface area contributed by atoms with Gasteiger partial charge in [0.15, 0.2) is 0 Å². The lowest BCUT2D eigenvalue weighted by Crippen LogP contribution is -2.11. The number of esters is 1. The number of carbonyl (C=O) groups is 1. The molecule has 0 fully saturated rings. The minimum atomic E-state index is -0.126. The smallest absolute Gasteiger partial charge is 0.305 e. The highest BCUT2D eigenvalue weighted by molar-refractivity contribution is 5.68. The van der Waals surface area contributed by atoms with Crippen LogP contribution in [-0.2, 0) is 14.3 Å². The van der Waals surface area contributed by atoms with E-state index in [-0.39, 0.29) is 5.97 Å². The average Bonchev–Trinajstić information content (AvgIpc) is 2.26. The third-order valence-corrected chi connectivity index (χ3v) is 2.60. The van der Waals surface area contributed by atoms with E-state index in [9.17, 15) is 4.79 Å². The first-order valence-electron chi connectivity index (χ1n) is 5.84. The van der Waals surface area contributed by atoms with Crippen molar-refractivity contribution in [2.45, 2.75) is 58.0 Å². The molecule has 0 aliphatic carbocycles. The van der Waals surface area contributed by atoms with E-state index in [1.807, 2.05) is 0 Å². The predicted octanol–water partition coefficient (Wildman–Crippen LogP) is 2.93. The van der Waals surface area contributed by atoms with E-state index >= 15 is 0 Å². The Kier molecular flexibility index (Phi) is 9.59. The second kappa shape index (κ2) is 9.97. The third-order valence-electron chi connectivity index (χ3n) is 2.60. The quantitative estimate of drug-likeness (QED) is 0.439. The number of unbranched alkanes of at least 4 members (excludes halogenated alkanes) is 2. The molecule has 0 aliphatic rings. The molecule has 0 radical (unpaired) electrons. The van der Waals surface area contributed by atoms with E-state index < -0.39 is 0 Å². The molecule has 0 saturated heterocycles. The first-order chi connectivity index (χ1) is 7.24. The number of carbonyl (C=O) groups excluding carboxylic acids is 1. The normalized spacial score (nSPS) is 12.5. The molecule has 0 saturated carbocycles. The molecule has 0 aromatic carbocycles. The Morgan fingerprint density at radius 3 is 2.33 bits per heavy atom. The molecule has 0 aromatic heterocycles. The van der Waals surface area contributed by atoms with Gasteiger partial charge in [0.05, 0.1) is 13.2 Å². The van der Waals surface area contributed by atoms with Crippen LogP contribution in [-0.4, -0.2) is 26.3 Å². The summed E-state index contributed by atoms with van der Waals surface area (Å²) in [6, 6.07) is 0. The molecule has 0 spiro atoms. The summed E-state index contributed by atoms with van der Waals surface area (Å²) < 4.78 is 9.94. The summed E-state index contributed by atoms with van der Waals surface area (Å²) in [5, 5.41) is 0. The molecule has 1 atom stereocenters. The van der Waals surface area contributed by atoms with Crippen LogP contribution in [0.1, 0.15) is 51.9 Å². The van der Waals surface area contributed by atoms with Crippen LogP contribution in [0.3, 0.4) is 0 Å². The van der Waals surface area contributed by atoms with Crippen molar-refractivity contribution in [1.29, 1.82) is 0 Å². The van der Waals surface area contributed by atoms with E-state index in [1.54, 1.807) is 7.11 Å². The van der Waals surface area contributed by atoms with Gasteiger partial charge in [0.1, 0.15) is 0 Å². The largest absolute Gasteiger partial charge is 0.469 e. The lowest BCUT2D eigenvalue weighted by atomic mass is 10.1. The summed E-state index contributed by atoms with van der Waals surface area (Å²) in [6.07, 6.45) is 7.44. The SMILES string of the molecule is CCCCCC(CCCC(=O)OC)OC. The summed E-state index contributed by atoms with van der Waals surface area (Å²) >= 11 is 0. The first kappa shape index (κ1) is 14.4. The van der Waals surface area contributed by atoms with Crippen LogP contribution in [0.2, 0.25) is 0 Å². The molecular weight excluding hydrogens is 192 g/mol. The fourth-order valence-corrected chi connectivity index (χ4v) is 1.58. The van der Waals surface area contributed by atoms with Crippen molar-refractivity contribution in [1.82, 2.24) is 0 Å². The fraction of sp³-hybridized carbons (Fsp3) is 0.917. The lowest BCUT2D eigenvalue weighted by molar-refractivity contribution is -0.140. The molecule has 1 unspecified atom stereocenters. The molecule has 15 heavy (non-hydrogen) atoms. The predicted molar refractivity (Wildman–Crippen MR) is 60.8 cm³/mol. The van der Waals surface area contributed by atoms with Crippen molar-refractivity contribution >= 4 is 5.97 Å². The highest BCUT2D eigenvalue weighted by atomic mass is 16.5. The van der Waals surface area contributed by atoms with Crippen molar-refractivity contribution in [3.63, 3.8) is 0 Å². The fourth-order valence-electron chi connectivity index (χ4n) is 1.58. The van der Waals surface area contributed by atoms with Gasteiger partial charge in [-0.3, -0.25) is 4.79 Å². The molecule has 0 amide bonds. The van der Waals surface area contributed by atoms with Crippen LogP contribution >= 0.6 is 0 Å². The van der Waals surface area contributed by atoms with Crippen LogP contribution in [0.4, 0.5) is 0 Å². The van der Waals surface area contributed by atoms with E-state index in [0.29, 0.717) is 12.5 Å². The summed E-state index contributed by atoms with van der Waals surface area (Å²) in [4.78, 5) is 10.9. The molecule has 0 N–H and O–H groups in total. The van der Waals surface area contributed by atoms with Gasteiger partial charge in [0, 0.05) is 13.5 Å². The summed E-state index contributed by atoms with van der Waals surface area (Å²) in [7, 11) is 3.17. The van der Waals surface area contributed by atoms with E-state index in [0.717, 1.165) is 19.3 Å². The monoisotopic (exact) mass is 216 g/mol. The summed E-state index contributed by atoms with van der Waals surface area (Å²) in [5.74, 6) is -0.126. The first-order valence-corrected chi connectivity index (χ1v) is 5.84. The van der Waals surface area contributed by atoms with Crippen molar-refractivity contribution in [3.8, 4) is 0 Å². The Bertz CT molecular complexity index is 157. The molecule has 0 heterocycles. The topological polar surface area (TPSA) is 35.5 Å². The summed E-state index contributed by atoms with van der Waals surface area (Å²) in [5.41, 5.74) is 0. The zero-order chi connectivity index (χ0) is 11.5. The Morgan fingerprint density at radius 2 is 1.80 bits per heavy atom. The molecule has 90 valence electrons. The van der Waals surface area contributed by atoms with Crippen molar-refractivity contribution < 1.29 is 14.3 Å². The number of rotatable bonds is 9. The van der Waals surface area contributed by atoms with Crippen LogP contribution in [0.25, 0.3) is 0 Å². The zero-order valence-electron chi connectivity index (χ0n) is 10.3. The van der Waals surface area contributed by atoms with Crippen molar-refractivity contribution in [2.24, 2.45) is 0 Å². The maximum Gasteiger partial charge on any atom is 0.305 e. The van der Waals surface area contributed by atoms with E-state index in [2.05, 4.69) is 11.7 Å². The maximum atomic E-state index is 10.9. The Labute approximate surface area is 93.1 Å². The Balaban J connectivity index is 3.47. The highest BCUT2D eigenvalue weighted by Crippen LogP contribution is 2.12. The molecule has 0 aliphatic heterocycles. The molecule has 0 aromatic rings. The molecule has 0 bridgehead atoms. The maximum absolute atomic E-state index is 10.9. The van der Waals surface area contributed by atoms with E-state index in [4.69, 9.17) is 4.74 Å². The van der Waals surface area contributed by atoms with Crippen molar-refractivity contribution in [3.05, 3.63) is 0 Å². The molecule has 3 nitrogen and oxygen atoms in total. The Morgan fingerprint density at radius 1 is 1.13 bits per heavy atom. The second-order valence-corrected chi connectivity index (χ2v) is 3.82. The number of hydrogen-bond acceptors (Lipinski definition) is 3. The van der Waals surface area contributed by atoms with Gasteiger partial charge in [-0.05, 0) is 19.3 Å². The van der Waals surface area contributed by atoms with Gasteiger partial charge < -0.3 is 9.47 Å². The van der Waals surface area contributed by atoms with Crippen LogP contribution in [0.15, 0.2) is 0 Å². The minimum Gasteiger partial charge on any atom is -0.469 e. The van der Waals surface area contributed by atoms with Gasteiger partial charge in [-0.15, -0.1) is 0 Å². The lowest BCUT2D eigenvalue weighted by Gasteiger charge is -2.14. The van der Waals surface area contributed by atoms with E-state index in [1.165, 1.54) is 26.4 Å². The van der Waals surface area contributed by atoms with Crippen molar-refractivity contribution in [2.75, 3.05) is 14.2 Å².